The van der Waals surface area contributed by atoms with Crippen LogP contribution >= 0.6 is 0 Å². The first kappa shape index (κ1) is 12.0. The summed E-state index contributed by atoms with van der Waals surface area (Å²) >= 11 is 0. The number of hydrogen-bond donors (Lipinski definition) is 3. The lowest BCUT2D eigenvalue weighted by Gasteiger charge is -2.09. The smallest absolute Gasteiger partial charge is 0.323 e. The number of benzene rings is 1. The number of carbonyl (C=O) groups is 2. The molecule has 5 nitrogen and oxygen atoms in total. The molecule has 0 bridgehead atoms. The van der Waals surface area contributed by atoms with Crippen LogP contribution in [0, 0.1) is 13.8 Å². The Labute approximate surface area is 93.5 Å². The van der Waals surface area contributed by atoms with Crippen molar-refractivity contribution in [2.24, 2.45) is 0 Å². The van der Waals surface area contributed by atoms with Crippen molar-refractivity contribution in [1.29, 1.82) is 0 Å². The molecule has 0 radical (unpaired) electrons. The molecular weight excluding hydrogens is 208 g/mol. The number of aliphatic carboxylic acids is 1. The van der Waals surface area contributed by atoms with Crippen molar-refractivity contribution >= 4 is 17.7 Å². The Morgan fingerprint density at radius 1 is 1.31 bits per heavy atom. The lowest BCUT2D eigenvalue weighted by Crippen LogP contribution is -2.33. The van der Waals surface area contributed by atoms with Gasteiger partial charge in [0.05, 0.1) is 0 Å². The largest absolute Gasteiger partial charge is 0.480 e. The van der Waals surface area contributed by atoms with E-state index in [4.69, 9.17) is 5.11 Å². The molecule has 16 heavy (non-hydrogen) atoms. The molecule has 5 heteroatoms. The van der Waals surface area contributed by atoms with Gasteiger partial charge in [0.15, 0.2) is 0 Å². The summed E-state index contributed by atoms with van der Waals surface area (Å²) in [4.78, 5) is 21.5. The van der Waals surface area contributed by atoms with Crippen LogP contribution in [0.2, 0.25) is 0 Å². The molecule has 2 amide bonds. The van der Waals surface area contributed by atoms with Gasteiger partial charge in [-0.3, -0.25) is 4.79 Å². The van der Waals surface area contributed by atoms with Gasteiger partial charge in [0.25, 0.3) is 0 Å². The molecule has 0 aliphatic heterocycles. The Balaban J connectivity index is 2.59. The molecule has 1 aromatic rings. The van der Waals surface area contributed by atoms with Gasteiger partial charge in [-0.1, -0.05) is 17.7 Å². The van der Waals surface area contributed by atoms with Gasteiger partial charge in [-0.25, -0.2) is 4.79 Å². The predicted molar refractivity (Wildman–Crippen MR) is 60.6 cm³/mol. The number of carbonyl (C=O) groups excluding carboxylic acids is 1. The maximum absolute atomic E-state index is 11.3. The quantitative estimate of drug-likeness (QED) is 0.725. The number of nitrogens with one attached hydrogen (secondary N) is 2. The minimum absolute atomic E-state index is 0.392. The average Bonchev–Trinajstić information content (AvgIpc) is 2.19. The Hall–Kier alpha value is -2.04. The molecule has 0 aromatic heterocycles. The lowest BCUT2D eigenvalue weighted by atomic mass is 10.1. The van der Waals surface area contributed by atoms with Crippen molar-refractivity contribution in [3.8, 4) is 0 Å². The number of hydrogen-bond acceptors (Lipinski definition) is 2. The minimum atomic E-state index is -1.07. The van der Waals surface area contributed by atoms with Crippen LogP contribution in [0.3, 0.4) is 0 Å². The van der Waals surface area contributed by atoms with E-state index < -0.39 is 18.5 Å². The molecule has 1 aromatic carbocycles. The van der Waals surface area contributed by atoms with Gasteiger partial charge in [-0.05, 0) is 25.5 Å². The highest BCUT2D eigenvalue weighted by molar-refractivity contribution is 5.91. The monoisotopic (exact) mass is 222 g/mol. The van der Waals surface area contributed by atoms with E-state index in [0.717, 1.165) is 11.1 Å². The predicted octanol–water partition coefficient (Wildman–Crippen LogP) is 1.51. The van der Waals surface area contributed by atoms with Crippen LogP contribution in [0.25, 0.3) is 0 Å². The third-order valence-corrected chi connectivity index (χ3v) is 2.03. The van der Waals surface area contributed by atoms with Gasteiger partial charge < -0.3 is 15.7 Å². The molecular formula is C11H14N2O3. The van der Waals surface area contributed by atoms with E-state index in [0.29, 0.717) is 5.69 Å². The highest BCUT2D eigenvalue weighted by Crippen LogP contribution is 2.15. The molecule has 0 atom stereocenters. The zero-order valence-corrected chi connectivity index (χ0v) is 9.20. The average molecular weight is 222 g/mol. The summed E-state index contributed by atoms with van der Waals surface area (Å²) < 4.78 is 0. The number of aryl methyl sites for hydroxylation is 2. The molecule has 86 valence electrons. The molecule has 3 N–H and O–H groups in total. The van der Waals surface area contributed by atoms with Crippen molar-refractivity contribution < 1.29 is 14.7 Å². The summed E-state index contributed by atoms with van der Waals surface area (Å²) in [6, 6.07) is 5.08. The minimum Gasteiger partial charge on any atom is -0.480 e. The van der Waals surface area contributed by atoms with Gasteiger partial charge in [0, 0.05) is 5.69 Å². The maximum atomic E-state index is 11.3. The molecule has 0 heterocycles. The van der Waals surface area contributed by atoms with Crippen LogP contribution in [0.1, 0.15) is 11.1 Å². The van der Waals surface area contributed by atoms with Crippen LogP contribution in [0.5, 0.6) is 0 Å². The number of carboxylic acids is 1. The van der Waals surface area contributed by atoms with E-state index in [2.05, 4.69) is 10.6 Å². The fourth-order valence-corrected chi connectivity index (χ4v) is 1.28. The second-order valence-corrected chi connectivity index (χ2v) is 3.52. The molecule has 0 spiro atoms. The van der Waals surface area contributed by atoms with Crippen molar-refractivity contribution in [3.05, 3.63) is 29.3 Å². The van der Waals surface area contributed by atoms with Crippen LogP contribution in [-0.2, 0) is 4.79 Å². The van der Waals surface area contributed by atoms with E-state index in [1.807, 2.05) is 26.0 Å². The Bertz CT molecular complexity index is 416. The van der Waals surface area contributed by atoms with Gasteiger partial charge in [-0.15, -0.1) is 0 Å². The highest BCUT2D eigenvalue weighted by Gasteiger charge is 2.05. The van der Waals surface area contributed by atoms with E-state index in [1.54, 1.807) is 6.07 Å². The number of amides is 2. The standard InChI is InChI=1S/C11H14N2O3/c1-7-3-4-9(8(2)5-7)13-11(16)12-6-10(14)15/h3-5H,6H2,1-2H3,(H,14,15)(H2,12,13,16). The van der Waals surface area contributed by atoms with Crippen LogP contribution in [-0.4, -0.2) is 23.7 Å². The van der Waals surface area contributed by atoms with Gasteiger partial charge in [-0.2, -0.15) is 0 Å². The molecule has 1 rings (SSSR count). The van der Waals surface area contributed by atoms with Crippen molar-refractivity contribution in [3.63, 3.8) is 0 Å². The van der Waals surface area contributed by atoms with Crippen molar-refractivity contribution in [2.75, 3.05) is 11.9 Å². The third kappa shape index (κ3) is 3.61. The summed E-state index contributed by atoms with van der Waals surface area (Å²) in [5, 5.41) is 13.2. The second kappa shape index (κ2) is 5.16. The van der Waals surface area contributed by atoms with Crippen LogP contribution < -0.4 is 10.6 Å². The normalized spacial score (nSPS) is 9.62. The number of anilines is 1. The summed E-state index contributed by atoms with van der Waals surface area (Å²) in [5.74, 6) is -1.07. The maximum Gasteiger partial charge on any atom is 0.323 e. The Morgan fingerprint density at radius 3 is 2.56 bits per heavy atom. The van der Waals surface area contributed by atoms with Crippen LogP contribution in [0.4, 0.5) is 10.5 Å². The molecule has 0 fully saturated rings. The van der Waals surface area contributed by atoms with Gasteiger partial charge in [0.2, 0.25) is 0 Å². The SMILES string of the molecule is Cc1ccc(NC(=O)NCC(=O)O)c(C)c1. The Morgan fingerprint density at radius 2 is 2.00 bits per heavy atom. The van der Waals surface area contributed by atoms with Gasteiger partial charge in [0.1, 0.15) is 6.54 Å². The lowest BCUT2D eigenvalue weighted by molar-refractivity contribution is -0.135. The molecule has 0 aliphatic carbocycles. The first-order valence-corrected chi connectivity index (χ1v) is 4.83. The molecule has 0 unspecified atom stereocenters. The topological polar surface area (TPSA) is 78.4 Å². The summed E-state index contributed by atoms with van der Waals surface area (Å²) in [5.41, 5.74) is 2.72. The zero-order chi connectivity index (χ0) is 12.1. The van der Waals surface area contributed by atoms with Gasteiger partial charge >= 0.3 is 12.0 Å². The molecule has 0 saturated carbocycles. The fraction of sp³-hybridized carbons (Fsp3) is 0.273. The van der Waals surface area contributed by atoms with Crippen LogP contribution in [0.15, 0.2) is 18.2 Å². The second-order valence-electron chi connectivity index (χ2n) is 3.52. The van der Waals surface area contributed by atoms with Crippen molar-refractivity contribution in [1.82, 2.24) is 5.32 Å². The van der Waals surface area contributed by atoms with E-state index >= 15 is 0 Å². The molecule has 0 aliphatic rings. The Kier molecular flexibility index (Phi) is 3.88. The number of rotatable bonds is 3. The summed E-state index contributed by atoms with van der Waals surface area (Å²) in [6.07, 6.45) is 0. The summed E-state index contributed by atoms with van der Waals surface area (Å²) in [6.45, 7) is 3.44. The third-order valence-electron chi connectivity index (χ3n) is 2.03. The van der Waals surface area contributed by atoms with E-state index in [1.165, 1.54) is 0 Å². The molecule has 0 saturated heterocycles. The van der Waals surface area contributed by atoms with E-state index in [-0.39, 0.29) is 0 Å². The number of carboxylic acid groups (broad SMARTS) is 1. The zero-order valence-electron chi connectivity index (χ0n) is 9.20. The first-order chi connectivity index (χ1) is 7.49. The van der Waals surface area contributed by atoms with E-state index in [9.17, 15) is 9.59 Å². The first-order valence-electron chi connectivity index (χ1n) is 4.83. The highest BCUT2D eigenvalue weighted by atomic mass is 16.4. The van der Waals surface area contributed by atoms with Crippen molar-refractivity contribution in [2.45, 2.75) is 13.8 Å². The number of urea groups is 1. The summed E-state index contributed by atoms with van der Waals surface area (Å²) in [7, 11) is 0. The fourth-order valence-electron chi connectivity index (χ4n) is 1.28.